The van der Waals surface area contributed by atoms with Crippen molar-refractivity contribution in [1.29, 1.82) is 0 Å². The molecule has 1 heterocycles. The first-order valence-corrected chi connectivity index (χ1v) is 5.27. The summed E-state index contributed by atoms with van der Waals surface area (Å²) >= 11 is 0. The average Bonchev–Trinajstić information content (AvgIpc) is 2.58. The van der Waals surface area contributed by atoms with E-state index in [2.05, 4.69) is 0 Å². The molecular formula is C12H15NO2. The van der Waals surface area contributed by atoms with Crippen molar-refractivity contribution in [2.75, 3.05) is 11.4 Å². The molecule has 1 saturated heterocycles. The van der Waals surface area contributed by atoms with E-state index in [1.807, 2.05) is 37.3 Å². The molecule has 80 valence electrons. The third-order valence-electron chi connectivity index (χ3n) is 3.04. The standard InChI is InChI=1S/C12H15NO2/c1-2-12(15)8-9-13(11(12)14)10-6-4-3-5-7-10/h3-7,15H,2,8-9H2,1H3. The predicted octanol–water partition coefficient (Wildman–Crippen LogP) is 1.56. The van der Waals surface area contributed by atoms with Gasteiger partial charge in [0.25, 0.3) is 5.91 Å². The van der Waals surface area contributed by atoms with Crippen molar-refractivity contribution >= 4 is 11.6 Å². The van der Waals surface area contributed by atoms with Gasteiger partial charge in [0, 0.05) is 18.7 Å². The van der Waals surface area contributed by atoms with Crippen LogP contribution in [0.3, 0.4) is 0 Å². The smallest absolute Gasteiger partial charge is 0.258 e. The minimum atomic E-state index is -1.14. The van der Waals surface area contributed by atoms with Gasteiger partial charge in [0.05, 0.1) is 0 Å². The van der Waals surface area contributed by atoms with Crippen molar-refractivity contribution in [1.82, 2.24) is 0 Å². The van der Waals surface area contributed by atoms with Crippen LogP contribution in [0.2, 0.25) is 0 Å². The molecule has 1 N–H and O–H groups in total. The first-order chi connectivity index (χ1) is 7.17. The molecule has 0 radical (unpaired) electrons. The number of carbonyl (C=O) groups excluding carboxylic acids is 1. The Morgan fingerprint density at radius 3 is 2.60 bits per heavy atom. The summed E-state index contributed by atoms with van der Waals surface area (Å²) in [7, 11) is 0. The molecule has 0 aliphatic carbocycles. The van der Waals surface area contributed by atoms with E-state index in [-0.39, 0.29) is 5.91 Å². The lowest BCUT2D eigenvalue weighted by Gasteiger charge is -2.20. The van der Waals surface area contributed by atoms with Crippen LogP contribution in [0, 0.1) is 0 Å². The Labute approximate surface area is 89.3 Å². The highest BCUT2D eigenvalue weighted by Crippen LogP contribution is 2.29. The highest BCUT2D eigenvalue weighted by Gasteiger charge is 2.43. The highest BCUT2D eigenvalue weighted by molar-refractivity contribution is 6.01. The molecule has 3 heteroatoms. The third kappa shape index (κ3) is 1.63. The molecule has 0 spiro atoms. The molecule has 1 aliphatic heterocycles. The van der Waals surface area contributed by atoms with Crippen LogP contribution in [0.1, 0.15) is 19.8 Å². The zero-order valence-electron chi connectivity index (χ0n) is 8.81. The van der Waals surface area contributed by atoms with Gasteiger partial charge in [-0.2, -0.15) is 0 Å². The number of aliphatic hydroxyl groups is 1. The van der Waals surface area contributed by atoms with Crippen molar-refractivity contribution in [3.05, 3.63) is 30.3 Å². The van der Waals surface area contributed by atoms with Gasteiger partial charge in [0.15, 0.2) is 0 Å². The summed E-state index contributed by atoms with van der Waals surface area (Å²) < 4.78 is 0. The molecule has 1 aliphatic rings. The number of nitrogens with zero attached hydrogens (tertiary/aromatic N) is 1. The van der Waals surface area contributed by atoms with E-state index in [1.165, 1.54) is 0 Å². The van der Waals surface area contributed by atoms with Crippen LogP contribution in [-0.2, 0) is 4.79 Å². The minimum absolute atomic E-state index is 0.170. The summed E-state index contributed by atoms with van der Waals surface area (Å²) in [5, 5.41) is 10.0. The van der Waals surface area contributed by atoms with Crippen LogP contribution in [-0.4, -0.2) is 23.2 Å². The second kappa shape index (κ2) is 3.66. The first kappa shape index (κ1) is 10.2. The summed E-state index contributed by atoms with van der Waals surface area (Å²) in [4.78, 5) is 13.6. The summed E-state index contributed by atoms with van der Waals surface area (Å²) in [5.41, 5.74) is -0.276. The Bertz CT molecular complexity index is 363. The number of hydrogen-bond donors (Lipinski definition) is 1. The first-order valence-electron chi connectivity index (χ1n) is 5.27. The normalized spacial score (nSPS) is 26.0. The summed E-state index contributed by atoms with van der Waals surface area (Å²) in [6, 6.07) is 9.48. The summed E-state index contributed by atoms with van der Waals surface area (Å²) in [6.45, 7) is 2.44. The Morgan fingerprint density at radius 1 is 1.40 bits per heavy atom. The molecule has 1 fully saturated rings. The van der Waals surface area contributed by atoms with Crippen LogP contribution in [0.15, 0.2) is 30.3 Å². The third-order valence-corrected chi connectivity index (χ3v) is 3.04. The maximum absolute atomic E-state index is 11.9. The topological polar surface area (TPSA) is 40.5 Å². The van der Waals surface area contributed by atoms with Crippen LogP contribution in [0.25, 0.3) is 0 Å². The fourth-order valence-corrected chi connectivity index (χ4v) is 1.94. The monoisotopic (exact) mass is 205 g/mol. The van der Waals surface area contributed by atoms with E-state index < -0.39 is 5.60 Å². The number of amides is 1. The second-order valence-electron chi connectivity index (χ2n) is 3.93. The van der Waals surface area contributed by atoms with Gasteiger partial charge in [0.1, 0.15) is 5.60 Å². The molecule has 3 nitrogen and oxygen atoms in total. The number of carbonyl (C=O) groups is 1. The van der Waals surface area contributed by atoms with Crippen molar-refractivity contribution in [3.8, 4) is 0 Å². The SMILES string of the molecule is CCC1(O)CCN(c2ccccc2)C1=O. The van der Waals surface area contributed by atoms with E-state index >= 15 is 0 Å². The van der Waals surface area contributed by atoms with Crippen LogP contribution in [0.5, 0.6) is 0 Å². The van der Waals surface area contributed by atoms with Crippen LogP contribution >= 0.6 is 0 Å². The lowest BCUT2D eigenvalue weighted by Crippen LogP contribution is -2.39. The highest BCUT2D eigenvalue weighted by atomic mass is 16.3. The van der Waals surface area contributed by atoms with Gasteiger partial charge in [-0.15, -0.1) is 0 Å². The van der Waals surface area contributed by atoms with Crippen LogP contribution < -0.4 is 4.90 Å². The maximum atomic E-state index is 11.9. The molecular weight excluding hydrogens is 190 g/mol. The van der Waals surface area contributed by atoms with Gasteiger partial charge >= 0.3 is 0 Å². The maximum Gasteiger partial charge on any atom is 0.258 e. The molecule has 1 unspecified atom stereocenters. The molecule has 0 bridgehead atoms. The van der Waals surface area contributed by atoms with Crippen LogP contribution in [0.4, 0.5) is 5.69 Å². The molecule has 1 aromatic carbocycles. The number of hydrogen-bond acceptors (Lipinski definition) is 2. The van der Waals surface area contributed by atoms with Gasteiger partial charge in [-0.05, 0) is 18.6 Å². The van der Waals surface area contributed by atoms with Crippen molar-refractivity contribution in [3.63, 3.8) is 0 Å². The lowest BCUT2D eigenvalue weighted by molar-refractivity contribution is -0.133. The average molecular weight is 205 g/mol. The summed E-state index contributed by atoms with van der Waals surface area (Å²) in [5.74, 6) is -0.170. The molecule has 0 saturated carbocycles. The van der Waals surface area contributed by atoms with Gasteiger partial charge in [-0.1, -0.05) is 25.1 Å². The second-order valence-corrected chi connectivity index (χ2v) is 3.93. The number of rotatable bonds is 2. The number of anilines is 1. The minimum Gasteiger partial charge on any atom is -0.380 e. The van der Waals surface area contributed by atoms with Gasteiger partial charge in [-0.3, -0.25) is 4.79 Å². The van der Waals surface area contributed by atoms with Crippen molar-refractivity contribution in [2.24, 2.45) is 0 Å². The van der Waals surface area contributed by atoms with Crippen molar-refractivity contribution in [2.45, 2.75) is 25.4 Å². The Hall–Kier alpha value is -1.35. The quantitative estimate of drug-likeness (QED) is 0.796. The molecule has 15 heavy (non-hydrogen) atoms. The van der Waals surface area contributed by atoms with Crippen molar-refractivity contribution < 1.29 is 9.90 Å². The zero-order chi connectivity index (χ0) is 10.9. The number of benzene rings is 1. The van der Waals surface area contributed by atoms with Gasteiger partial charge in [0.2, 0.25) is 0 Å². The molecule has 2 rings (SSSR count). The fourth-order valence-electron chi connectivity index (χ4n) is 1.94. The number of para-hydroxylation sites is 1. The van der Waals surface area contributed by atoms with E-state index in [9.17, 15) is 9.90 Å². The molecule has 1 amide bonds. The van der Waals surface area contributed by atoms with E-state index in [0.29, 0.717) is 19.4 Å². The van der Waals surface area contributed by atoms with E-state index in [0.717, 1.165) is 5.69 Å². The molecule has 0 aromatic heterocycles. The molecule has 1 aromatic rings. The zero-order valence-corrected chi connectivity index (χ0v) is 8.81. The Balaban J connectivity index is 2.25. The van der Waals surface area contributed by atoms with E-state index in [4.69, 9.17) is 0 Å². The van der Waals surface area contributed by atoms with E-state index in [1.54, 1.807) is 4.90 Å². The Morgan fingerprint density at radius 2 is 2.07 bits per heavy atom. The largest absolute Gasteiger partial charge is 0.380 e. The Kier molecular flexibility index (Phi) is 2.49. The fraction of sp³-hybridized carbons (Fsp3) is 0.417. The summed E-state index contributed by atoms with van der Waals surface area (Å²) in [6.07, 6.45) is 1.01. The lowest BCUT2D eigenvalue weighted by atomic mass is 10.00. The van der Waals surface area contributed by atoms with Gasteiger partial charge in [-0.25, -0.2) is 0 Å². The van der Waals surface area contributed by atoms with Gasteiger partial charge < -0.3 is 10.0 Å². The predicted molar refractivity (Wildman–Crippen MR) is 58.7 cm³/mol. The molecule has 1 atom stereocenters.